The highest BCUT2D eigenvalue weighted by Gasteiger charge is 2.28. The van der Waals surface area contributed by atoms with Crippen molar-refractivity contribution < 1.29 is 14.3 Å². The first-order valence-corrected chi connectivity index (χ1v) is 9.57. The Balaban J connectivity index is 2.66. The Morgan fingerprint density at radius 1 is 1.08 bits per heavy atom. The fourth-order valence-electron chi connectivity index (χ4n) is 2.71. The van der Waals surface area contributed by atoms with E-state index in [9.17, 15) is 4.79 Å². The second-order valence-corrected chi connectivity index (χ2v) is 9.35. The monoisotopic (exact) mass is 375 g/mol. The van der Waals surface area contributed by atoms with E-state index >= 15 is 0 Å². The molecule has 5 heteroatoms. The molecule has 26 heavy (non-hydrogen) atoms. The summed E-state index contributed by atoms with van der Waals surface area (Å²) < 4.78 is 11.1. The third kappa shape index (κ3) is 4.92. The van der Waals surface area contributed by atoms with E-state index in [1.807, 2.05) is 11.5 Å². The fraction of sp³-hybridized carbons (Fsp3) is 0.476. The molecule has 0 fully saturated rings. The van der Waals surface area contributed by atoms with Gasteiger partial charge in [-0.25, -0.2) is 0 Å². The van der Waals surface area contributed by atoms with Crippen molar-refractivity contribution in [3.8, 4) is 5.75 Å². The normalized spacial score (nSPS) is 16.7. The number of nitrogens with one attached hydrogen (secondary N) is 1. The van der Waals surface area contributed by atoms with Crippen molar-refractivity contribution in [3.63, 3.8) is 0 Å². The molecule has 0 atom stereocenters. The number of carbonyl (C=O) groups excluding carboxylic acids is 1. The smallest absolute Gasteiger partial charge is 0.261 e. The number of carbonyl (C=O) groups is 1. The van der Waals surface area contributed by atoms with Crippen LogP contribution < -0.4 is 10.1 Å². The molecule has 2 rings (SSSR count). The second kappa shape index (κ2) is 7.89. The molecule has 1 aliphatic heterocycles. The van der Waals surface area contributed by atoms with E-state index in [0.29, 0.717) is 4.91 Å². The maximum absolute atomic E-state index is 12.1. The minimum absolute atomic E-state index is 0.0770. The molecule has 1 N–H and O–H groups in total. The molecule has 4 nitrogen and oxygen atoms in total. The molecular weight excluding hydrogens is 346 g/mol. The molecule has 0 spiro atoms. The van der Waals surface area contributed by atoms with Crippen LogP contribution in [-0.4, -0.2) is 19.8 Å². The Bertz CT molecular complexity index is 702. The topological polar surface area (TPSA) is 47.6 Å². The van der Waals surface area contributed by atoms with E-state index in [2.05, 4.69) is 59.0 Å². The number of thioether (sulfide) groups is 1. The highest BCUT2D eigenvalue weighted by Crippen LogP contribution is 2.41. The van der Waals surface area contributed by atoms with Crippen molar-refractivity contribution in [3.05, 3.63) is 45.3 Å². The third-order valence-electron chi connectivity index (χ3n) is 4.05. The van der Waals surface area contributed by atoms with Gasteiger partial charge in [-0.3, -0.25) is 4.79 Å². The number of benzene rings is 1. The maximum atomic E-state index is 12.1. The number of amides is 1. The van der Waals surface area contributed by atoms with Gasteiger partial charge in [0.25, 0.3) is 5.91 Å². The number of ether oxygens (including phenoxy) is 2. The molecule has 142 valence electrons. The van der Waals surface area contributed by atoms with Gasteiger partial charge in [0.05, 0.1) is 4.91 Å². The van der Waals surface area contributed by atoms with E-state index in [1.54, 1.807) is 13.3 Å². The Morgan fingerprint density at radius 2 is 1.65 bits per heavy atom. The van der Waals surface area contributed by atoms with E-state index < -0.39 is 0 Å². The quantitative estimate of drug-likeness (QED) is 0.598. The Morgan fingerprint density at radius 3 is 2.12 bits per heavy atom. The lowest BCUT2D eigenvalue weighted by Gasteiger charge is -2.30. The van der Waals surface area contributed by atoms with Gasteiger partial charge >= 0.3 is 0 Å². The van der Waals surface area contributed by atoms with Crippen molar-refractivity contribution in [2.45, 2.75) is 52.4 Å². The van der Waals surface area contributed by atoms with Crippen LogP contribution in [0.2, 0.25) is 0 Å². The van der Waals surface area contributed by atoms with Crippen LogP contribution in [0.1, 0.15) is 58.2 Å². The van der Waals surface area contributed by atoms with Crippen LogP contribution in [-0.2, 0) is 20.4 Å². The molecular formula is C21H29NO3S. The number of rotatable bonds is 4. The zero-order valence-corrected chi connectivity index (χ0v) is 17.5. The number of hydrogen-bond acceptors (Lipinski definition) is 4. The summed E-state index contributed by atoms with van der Waals surface area (Å²) in [5.74, 6) is 0.793. The zero-order valence-electron chi connectivity index (χ0n) is 16.7. The molecule has 0 aromatic heterocycles. The van der Waals surface area contributed by atoms with Gasteiger partial charge in [-0.15, -0.1) is 0 Å². The van der Waals surface area contributed by atoms with E-state index in [0.717, 1.165) is 22.4 Å². The summed E-state index contributed by atoms with van der Waals surface area (Å²) in [7, 11) is 1.62. The first-order valence-electron chi connectivity index (χ1n) is 8.69. The summed E-state index contributed by atoms with van der Waals surface area (Å²) in [6.07, 6.45) is 3.60. The van der Waals surface area contributed by atoms with Crippen LogP contribution in [0.3, 0.4) is 0 Å². The van der Waals surface area contributed by atoms with Crippen LogP contribution in [0, 0.1) is 0 Å². The lowest BCUT2D eigenvalue weighted by atomic mass is 9.78. The average molecular weight is 376 g/mol. The Labute approximate surface area is 161 Å². The van der Waals surface area contributed by atoms with Crippen molar-refractivity contribution in [1.29, 1.82) is 0 Å². The minimum atomic E-state index is -0.112. The molecule has 1 aromatic rings. The van der Waals surface area contributed by atoms with E-state index in [4.69, 9.17) is 9.47 Å². The van der Waals surface area contributed by atoms with Gasteiger partial charge in [0, 0.05) is 24.4 Å². The van der Waals surface area contributed by atoms with E-state index in [-0.39, 0.29) is 23.5 Å². The summed E-state index contributed by atoms with van der Waals surface area (Å²) >= 11 is 1.43. The average Bonchev–Trinajstić information content (AvgIpc) is 2.53. The minimum Gasteiger partial charge on any atom is -0.467 e. The van der Waals surface area contributed by atoms with Crippen molar-refractivity contribution >= 4 is 23.7 Å². The largest absolute Gasteiger partial charge is 0.467 e. The maximum Gasteiger partial charge on any atom is 0.261 e. The summed E-state index contributed by atoms with van der Waals surface area (Å²) in [6, 6.07) is 4.22. The van der Waals surface area contributed by atoms with Gasteiger partial charge < -0.3 is 14.8 Å². The van der Waals surface area contributed by atoms with Gasteiger partial charge in [0.2, 0.25) is 0 Å². The predicted octanol–water partition coefficient (Wildman–Crippen LogP) is 4.94. The first kappa shape index (κ1) is 20.6. The third-order valence-corrected chi connectivity index (χ3v) is 4.88. The fourth-order valence-corrected chi connectivity index (χ4v) is 3.37. The van der Waals surface area contributed by atoms with Crippen LogP contribution in [0.15, 0.2) is 28.6 Å². The molecule has 0 aliphatic carbocycles. The van der Waals surface area contributed by atoms with Gasteiger partial charge in [0.1, 0.15) is 5.75 Å². The molecule has 0 saturated heterocycles. The highest BCUT2D eigenvalue weighted by molar-refractivity contribution is 8.06. The van der Waals surface area contributed by atoms with Gasteiger partial charge in [0.15, 0.2) is 6.79 Å². The van der Waals surface area contributed by atoms with Crippen molar-refractivity contribution in [2.24, 2.45) is 0 Å². The molecule has 0 saturated carbocycles. The molecule has 0 bridgehead atoms. The molecule has 1 amide bonds. The van der Waals surface area contributed by atoms with Crippen LogP contribution in [0.25, 0.3) is 6.08 Å². The molecule has 1 heterocycles. The van der Waals surface area contributed by atoms with Gasteiger partial charge in [-0.2, -0.15) is 0 Å². The van der Waals surface area contributed by atoms with Crippen molar-refractivity contribution in [1.82, 2.24) is 5.32 Å². The predicted molar refractivity (Wildman–Crippen MR) is 109 cm³/mol. The highest BCUT2D eigenvalue weighted by atomic mass is 32.2. The SMILES string of the molecule is COCOc1c(C(C)(C)C)cc(C=C2SC=CNC2=O)cc1C(C)(C)C. The summed E-state index contributed by atoms with van der Waals surface area (Å²) in [4.78, 5) is 12.8. The van der Waals surface area contributed by atoms with Crippen LogP contribution in [0.5, 0.6) is 5.75 Å². The standard InChI is InChI=1S/C21H29NO3S/c1-20(2,3)15-10-14(12-17-19(23)22-8-9-26-17)11-16(21(4,5)6)18(15)25-13-24-7/h8-12H,13H2,1-7H3,(H,22,23). The van der Waals surface area contributed by atoms with Crippen molar-refractivity contribution in [2.75, 3.05) is 13.9 Å². The Hall–Kier alpha value is -1.72. The molecule has 1 aliphatic rings. The van der Waals surface area contributed by atoms with E-state index in [1.165, 1.54) is 11.8 Å². The van der Waals surface area contributed by atoms with Crippen LogP contribution in [0.4, 0.5) is 0 Å². The zero-order chi connectivity index (χ0) is 19.5. The lowest BCUT2D eigenvalue weighted by molar-refractivity contribution is -0.115. The first-order chi connectivity index (χ1) is 12.0. The molecule has 1 aromatic carbocycles. The lowest BCUT2D eigenvalue weighted by Crippen LogP contribution is -2.21. The molecule has 0 unspecified atom stereocenters. The second-order valence-electron chi connectivity index (χ2n) is 8.40. The Kier molecular flexibility index (Phi) is 6.25. The van der Waals surface area contributed by atoms with Gasteiger partial charge in [-0.05, 0) is 40.0 Å². The van der Waals surface area contributed by atoms with Crippen LogP contribution >= 0.6 is 11.8 Å². The number of methoxy groups -OCH3 is 1. The summed E-state index contributed by atoms with van der Waals surface area (Å²) in [5, 5.41) is 4.61. The number of hydrogen-bond donors (Lipinski definition) is 1. The van der Waals surface area contributed by atoms with Gasteiger partial charge in [-0.1, -0.05) is 53.3 Å². The summed E-state index contributed by atoms with van der Waals surface area (Å²) in [6.45, 7) is 13.2. The molecule has 0 radical (unpaired) electrons. The summed E-state index contributed by atoms with van der Waals surface area (Å²) in [5.41, 5.74) is 2.98.